The van der Waals surface area contributed by atoms with E-state index in [-0.39, 0.29) is 92.6 Å². The Hall–Kier alpha value is -15.7. The van der Waals surface area contributed by atoms with Crippen LogP contribution in [0.15, 0.2) is 132 Å². The molecule has 14 rings (SSSR count). The topological polar surface area (TPSA) is 576 Å². The Balaban J connectivity index is 0.000000212. The second-order valence-corrected chi connectivity index (χ2v) is 41.4. The average molecular weight is 2170 g/mol. The fourth-order valence-electron chi connectivity index (χ4n) is 12.5. The van der Waals surface area contributed by atoms with E-state index in [2.05, 4.69) is 100 Å². The number of amides is 14. The van der Waals surface area contributed by atoms with Gasteiger partial charge in [-0.05, 0) is 255 Å². The maximum absolute atomic E-state index is 13.6. The normalized spacial score (nSPS) is 17.8. The van der Waals surface area contributed by atoms with Crippen molar-refractivity contribution in [2.75, 3.05) is 90.6 Å². The molecule has 14 amide bonds. The summed E-state index contributed by atoms with van der Waals surface area (Å²) in [6.45, 7) is 38.2. The summed E-state index contributed by atoms with van der Waals surface area (Å²) in [6.07, 6.45) is -4.81. The van der Waals surface area contributed by atoms with Crippen LogP contribution in [-0.4, -0.2) is 230 Å². The molecule has 45 nitrogen and oxygen atoms in total. The minimum absolute atomic E-state index is 0.00543. The fraction of sp³-hybridized carbons (Fsp3) is 0.440. The van der Waals surface area contributed by atoms with Gasteiger partial charge in [-0.15, -0.1) is 0 Å². The molecule has 0 aliphatic carbocycles. The zero-order valence-corrected chi connectivity index (χ0v) is 88.7. The van der Waals surface area contributed by atoms with Gasteiger partial charge in [0.25, 0.3) is 41.4 Å². The van der Waals surface area contributed by atoms with Gasteiger partial charge in [0.1, 0.15) is 179 Å². The molecule has 7 aliphatic heterocycles. The molecular weight excluding hydrogens is 2040 g/mol. The first-order valence-electron chi connectivity index (χ1n) is 46.3. The van der Waals surface area contributed by atoms with Crippen molar-refractivity contribution in [2.45, 2.75) is 234 Å². The molecule has 0 radical (unpaired) electrons. The van der Waals surface area contributed by atoms with Crippen LogP contribution in [-0.2, 0) is 71.5 Å². The number of benzene rings is 6. The number of halogens is 4. The van der Waals surface area contributed by atoms with Gasteiger partial charge in [0.2, 0.25) is 5.88 Å². The molecule has 7 aromatic rings. The van der Waals surface area contributed by atoms with Gasteiger partial charge in [-0.3, -0.25) is 33.6 Å². The third-order valence-corrected chi connectivity index (χ3v) is 19.5. The minimum atomic E-state index is -0.966. The molecule has 149 heavy (non-hydrogen) atoms. The number of fused-ring (bicyclic) bond motifs is 7. The van der Waals surface area contributed by atoms with Crippen LogP contribution in [0.3, 0.4) is 0 Å². The minimum Gasteiger partial charge on any atom is -0.489 e. The van der Waals surface area contributed by atoms with E-state index < -0.39 is 159 Å². The lowest BCUT2D eigenvalue weighted by molar-refractivity contribution is -0.119. The van der Waals surface area contributed by atoms with E-state index >= 15 is 0 Å². The number of rotatable bonds is 8. The van der Waals surface area contributed by atoms with Gasteiger partial charge in [0.15, 0.2) is 5.82 Å². The molecule has 0 spiro atoms. The first-order valence-corrected chi connectivity index (χ1v) is 47.4. The molecule has 7 atom stereocenters. The van der Waals surface area contributed by atoms with Crippen molar-refractivity contribution >= 4 is 157 Å². The van der Waals surface area contributed by atoms with Crippen LogP contribution in [0, 0.1) is 18.6 Å². The number of nitrogens with one attached hydrogen (secondary N) is 14. The van der Waals surface area contributed by atoms with E-state index in [1.54, 1.807) is 212 Å². The van der Waals surface area contributed by atoms with E-state index in [1.807, 2.05) is 19.1 Å². The van der Waals surface area contributed by atoms with Gasteiger partial charge in [-0.1, -0.05) is 45.7 Å². The van der Waals surface area contributed by atoms with Gasteiger partial charge in [-0.2, -0.15) is 0 Å². The number of hydrogen-bond acceptors (Lipinski definition) is 31. The monoisotopic (exact) mass is 2170 g/mol. The van der Waals surface area contributed by atoms with Crippen molar-refractivity contribution in [3.63, 3.8) is 0 Å². The summed E-state index contributed by atoms with van der Waals surface area (Å²) in [5.41, 5.74) is -0.842. The smallest absolute Gasteiger partial charge is 0.408 e. The van der Waals surface area contributed by atoms with Crippen LogP contribution >= 0.6 is 27.5 Å². The maximum atomic E-state index is 13.6. The molecule has 0 unspecified atom stereocenters. The number of nitrogens with zero attached hydrogens (tertiary/aromatic N) is 1. The van der Waals surface area contributed by atoms with E-state index in [9.17, 15) is 80.7 Å². The van der Waals surface area contributed by atoms with Gasteiger partial charge in [0.05, 0.1) is 41.1 Å². The number of methoxy groups -OCH3 is 1. The Labute approximate surface area is 871 Å². The van der Waals surface area contributed by atoms with Crippen LogP contribution in [0.1, 0.15) is 161 Å². The Bertz CT molecular complexity index is 5760. The zero-order chi connectivity index (χ0) is 111. The van der Waals surface area contributed by atoms with Gasteiger partial charge in [0, 0.05) is 21.3 Å². The number of carbonyl (C=O) groups is 15. The number of hydrogen-bond donors (Lipinski definition) is 14. The predicted octanol–water partition coefficient (Wildman–Crippen LogP) is 14.6. The van der Waals surface area contributed by atoms with Crippen molar-refractivity contribution in [1.29, 1.82) is 0 Å². The summed E-state index contributed by atoms with van der Waals surface area (Å²) in [7, 11) is 1.27. The number of alkyl carbamates (subject to hydrolysis) is 7. The molecule has 1 aromatic heterocycles. The summed E-state index contributed by atoms with van der Waals surface area (Å²) in [5, 5.41) is 36.0. The zero-order valence-electron chi connectivity index (χ0n) is 86.3. The Morgan fingerprint density at radius 3 is 0.987 bits per heavy atom. The highest BCUT2D eigenvalue weighted by Gasteiger charge is 2.38. The van der Waals surface area contributed by atoms with Crippen LogP contribution in [0.2, 0.25) is 5.02 Å². The van der Waals surface area contributed by atoms with Crippen molar-refractivity contribution < 1.29 is 152 Å². The molecule has 8 heterocycles. The standard InChI is InChI=1S/C16H20N2O6.C14H17BrN2O4.C14H17ClN2O4.2C14H17FN2O4.C14H19N3O4.C14H18N2O4/c1-16(2,3)24-15(21)18-11-8-23-12-6-5-9(14(20)22-4)7-10(12)17-13(11)19;3*1-14(2,3)21-13(19)17-10-7-20-11-5-4-8(15)6-9(11)16-12(10)18;1-14(2,3)21-13(19)16-9-7-20-10-6-4-5-8(15)11(10)17-12(9)18;1-8-5-6-9-12(15-8)20-7-10(11(18)16-9)17-13(19)21-14(2,3)4;1-14(2,3)20-13(18)16-10-8-19-11-7-5-4-6-9(11)15-12(10)17/h5-7,11H,8H2,1-4H3,(H,17,19)(H,18,21);3*4-6,10H,7H2,1-3H3,(H,16,18)(H,17,19);4-6,9H,7H2,1-3H3,(H,16,19)(H,17,18);5-6,10H,7H2,1-4H3,(H,16,18)(H,17,19);4-7,10H,8H2,1-3H3,(H,15,17)(H,16,18)/t11-;3*10-;9-;2*10-/m0000000/s1. The van der Waals surface area contributed by atoms with Crippen molar-refractivity contribution in [3.8, 4) is 40.4 Å². The first kappa shape index (κ1) is 119. The average Bonchev–Trinajstić information content (AvgIpc) is 1.76. The lowest BCUT2D eigenvalue weighted by Crippen LogP contribution is -2.48. The third-order valence-electron chi connectivity index (χ3n) is 18.8. The van der Waals surface area contributed by atoms with Gasteiger partial charge in [-0.25, -0.2) is 52.1 Å². The molecule has 6 aromatic carbocycles. The first-order chi connectivity index (χ1) is 69.3. The number of ether oxygens (including phenoxy) is 15. The third kappa shape index (κ3) is 40.9. The fourth-order valence-corrected chi connectivity index (χ4v) is 13.0. The summed E-state index contributed by atoms with van der Waals surface area (Å²) in [6, 6.07) is 27.3. The number of esters is 1. The second-order valence-electron chi connectivity index (χ2n) is 40.0. The highest BCUT2D eigenvalue weighted by atomic mass is 79.9. The predicted molar refractivity (Wildman–Crippen MR) is 543 cm³/mol. The van der Waals surface area contributed by atoms with E-state index in [0.717, 1.165) is 16.2 Å². The molecule has 0 saturated heterocycles. The van der Waals surface area contributed by atoms with Crippen molar-refractivity contribution in [2.24, 2.45) is 0 Å². The molecular formula is C100H125BrClF2N15O30. The van der Waals surface area contributed by atoms with Crippen molar-refractivity contribution in [3.05, 3.63) is 160 Å². The molecule has 0 saturated carbocycles. The van der Waals surface area contributed by atoms with Crippen LogP contribution in [0.5, 0.6) is 40.4 Å². The molecule has 808 valence electrons. The summed E-state index contributed by atoms with van der Waals surface area (Å²) >= 11 is 9.20. The number of carbonyl (C=O) groups excluding carboxylic acids is 15. The van der Waals surface area contributed by atoms with E-state index in [4.69, 9.17) is 77.9 Å². The van der Waals surface area contributed by atoms with Gasteiger partial charge < -0.3 is 145 Å². The second kappa shape index (κ2) is 51.6. The SMILES string of the molecule is CC(C)(C)OC(=O)N[C@H]1COc2ccc(Br)cc2NC1=O.CC(C)(C)OC(=O)N[C@H]1COc2ccc(Cl)cc2NC1=O.CC(C)(C)OC(=O)N[C@H]1COc2ccc(F)cc2NC1=O.CC(C)(C)OC(=O)N[C@H]1COc2cccc(F)c2NC1=O.CC(C)(C)OC(=O)N[C@H]1COc2ccccc2NC1=O.COC(=O)c1ccc2c(c1)NC(=O)[C@@H](NC(=O)OC(C)(C)C)CO2.Cc1ccc2c(n1)OC[C@H](NC(=O)OC(C)(C)C)C(=O)N2. The Morgan fingerprint density at radius 1 is 0.329 bits per heavy atom. The summed E-state index contributed by atoms with van der Waals surface area (Å²) in [4.78, 5) is 182. The van der Waals surface area contributed by atoms with Crippen LogP contribution in [0.25, 0.3) is 0 Å². The maximum Gasteiger partial charge on any atom is 0.408 e. The number of aryl methyl sites for hydroxylation is 1. The lowest BCUT2D eigenvalue weighted by Gasteiger charge is -2.22. The van der Waals surface area contributed by atoms with E-state index in [1.165, 1.54) is 49.6 Å². The van der Waals surface area contributed by atoms with Crippen molar-refractivity contribution in [1.82, 2.24) is 42.2 Å². The molecule has 14 N–H and O–H groups in total. The molecule has 49 heteroatoms. The molecule has 7 aliphatic rings. The van der Waals surface area contributed by atoms with Crippen LogP contribution < -0.4 is 108 Å². The number of aromatic nitrogens is 1. The van der Waals surface area contributed by atoms with Crippen LogP contribution in [0.4, 0.5) is 82.2 Å². The summed E-state index contributed by atoms with van der Waals surface area (Å²) in [5.74, 6) is -1.65. The largest absolute Gasteiger partial charge is 0.489 e. The number of pyridine rings is 1. The molecule has 0 fully saturated rings. The molecule has 0 bridgehead atoms. The lowest BCUT2D eigenvalue weighted by atomic mass is 10.2. The number of anilines is 7. The Morgan fingerprint density at radius 2 is 0.617 bits per heavy atom. The Kier molecular flexibility index (Phi) is 41.1. The highest BCUT2D eigenvalue weighted by Crippen LogP contribution is 2.36. The summed E-state index contributed by atoms with van der Waals surface area (Å²) < 4.78 is 106. The van der Waals surface area contributed by atoms with Gasteiger partial charge >= 0.3 is 48.6 Å². The highest BCUT2D eigenvalue weighted by molar-refractivity contribution is 9.10. The quantitative estimate of drug-likeness (QED) is 0.0496. The van der Waals surface area contributed by atoms with E-state index in [0.29, 0.717) is 68.1 Å². The number of para-hydroxylation sites is 3.